The monoisotopic (exact) mass is 554 g/mol. The largest absolute Gasteiger partial charge is 0.493 e. The molecule has 0 saturated heterocycles. The van der Waals surface area contributed by atoms with Crippen molar-refractivity contribution in [1.82, 2.24) is 14.5 Å². The molecule has 0 spiro atoms. The van der Waals surface area contributed by atoms with Crippen LogP contribution in [0.25, 0.3) is 16.9 Å². The van der Waals surface area contributed by atoms with Crippen molar-refractivity contribution in [1.29, 1.82) is 0 Å². The highest BCUT2D eigenvalue weighted by atomic mass is 35.5. The zero-order valence-corrected chi connectivity index (χ0v) is 22.7. The summed E-state index contributed by atoms with van der Waals surface area (Å²) in [7, 11) is 4.66. The van der Waals surface area contributed by atoms with Gasteiger partial charge in [0.05, 0.1) is 37.1 Å². The Morgan fingerprint density at radius 1 is 1.05 bits per heavy atom. The van der Waals surface area contributed by atoms with Crippen LogP contribution in [0.15, 0.2) is 66.2 Å². The average Bonchev–Trinajstić information content (AvgIpc) is 3.61. The first-order chi connectivity index (χ1) is 18.4. The Kier molecular flexibility index (Phi) is 9.01. The number of rotatable bonds is 11. The molecule has 0 aliphatic heterocycles. The van der Waals surface area contributed by atoms with Gasteiger partial charge in [-0.1, -0.05) is 29.8 Å². The van der Waals surface area contributed by atoms with Gasteiger partial charge in [-0.25, -0.2) is 4.98 Å². The molecule has 9 nitrogen and oxygen atoms in total. The average molecular weight is 555 g/mol. The molecule has 0 atom stereocenters. The van der Waals surface area contributed by atoms with Crippen molar-refractivity contribution in [2.45, 2.75) is 0 Å². The molecule has 38 heavy (non-hydrogen) atoms. The van der Waals surface area contributed by atoms with Gasteiger partial charge in [-0.2, -0.15) is 0 Å². The number of amides is 2. The van der Waals surface area contributed by atoms with E-state index in [-0.39, 0.29) is 24.9 Å². The second-order valence-corrected chi connectivity index (χ2v) is 9.50. The van der Waals surface area contributed by atoms with Crippen molar-refractivity contribution in [3.63, 3.8) is 0 Å². The van der Waals surface area contributed by atoms with Crippen molar-refractivity contribution in [2.24, 2.45) is 0 Å². The standard InChI is InChI=1S/C27H27ClN4O5S/c1-35-13-12-31(26(34)24-5-4-14-38-24)17-25(33)30-27-29-21(18-6-8-19(28)9-7-18)16-32(27)20-10-11-22(36-2)23(15-20)37-3/h4-11,14-16H,12-13,17H2,1-3H3,(H,29,30,33). The van der Waals surface area contributed by atoms with E-state index in [2.05, 4.69) is 10.3 Å². The highest BCUT2D eigenvalue weighted by molar-refractivity contribution is 7.12. The Labute approximate surface area is 229 Å². The fourth-order valence-corrected chi connectivity index (χ4v) is 4.56. The number of aromatic nitrogens is 2. The molecule has 4 rings (SSSR count). The van der Waals surface area contributed by atoms with E-state index in [9.17, 15) is 9.59 Å². The van der Waals surface area contributed by atoms with Gasteiger partial charge in [-0.15, -0.1) is 11.3 Å². The highest BCUT2D eigenvalue weighted by Crippen LogP contribution is 2.32. The van der Waals surface area contributed by atoms with Crippen molar-refractivity contribution < 1.29 is 23.8 Å². The predicted octanol–water partition coefficient (Wildman–Crippen LogP) is 5.00. The molecule has 2 heterocycles. The maximum absolute atomic E-state index is 13.2. The third-order valence-electron chi connectivity index (χ3n) is 5.66. The second-order valence-electron chi connectivity index (χ2n) is 8.11. The minimum Gasteiger partial charge on any atom is -0.493 e. The first-order valence-electron chi connectivity index (χ1n) is 11.6. The zero-order valence-electron chi connectivity index (χ0n) is 21.1. The summed E-state index contributed by atoms with van der Waals surface area (Å²) in [4.78, 5) is 32.9. The number of ether oxygens (including phenoxy) is 3. The number of methoxy groups -OCH3 is 3. The molecule has 0 unspecified atom stereocenters. The third-order valence-corrected chi connectivity index (χ3v) is 6.77. The topological polar surface area (TPSA) is 94.9 Å². The summed E-state index contributed by atoms with van der Waals surface area (Å²) in [5.74, 6) is 0.734. The number of nitrogens with zero attached hydrogens (tertiary/aromatic N) is 3. The fraction of sp³-hybridized carbons (Fsp3) is 0.222. The first-order valence-corrected chi connectivity index (χ1v) is 12.9. The Morgan fingerprint density at radius 3 is 2.47 bits per heavy atom. The van der Waals surface area contributed by atoms with Crippen molar-refractivity contribution in [3.05, 3.63) is 76.1 Å². The number of nitrogens with one attached hydrogen (secondary N) is 1. The summed E-state index contributed by atoms with van der Waals surface area (Å²) in [6.45, 7) is 0.390. The van der Waals surface area contributed by atoms with Crippen LogP contribution in [0, 0.1) is 0 Å². The molecule has 0 saturated carbocycles. The van der Waals surface area contributed by atoms with Crippen molar-refractivity contribution in [3.8, 4) is 28.4 Å². The van der Waals surface area contributed by atoms with Crippen LogP contribution in [-0.2, 0) is 9.53 Å². The lowest BCUT2D eigenvalue weighted by Crippen LogP contribution is -2.40. The van der Waals surface area contributed by atoms with Gasteiger partial charge >= 0.3 is 0 Å². The summed E-state index contributed by atoms with van der Waals surface area (Å²) >= 11 is 7.38. The van der Waals surface area contributed by atoms with E-state index < -0.39 is 5.91 Å². The molecule has 11 heteroatoms. The number of benzene rings is 2. The van der Waals surface area contributed by atoms with E-state index in [1.807, 2.05) is 23.6 Å². The SMILES string of the molecule is COCCN(CC(=O)Nc1nc(-c2ccc(Cl)cc2)cn1-c1ccc(OC)c(OC)c1)C(=O)c1cccs1. The normalized spacial score (nSPS) is 10.7. The van der Waals surface area contributed by atoms with Gasteiger partial charge in [0.1, 0.15) is 6.54 Å². The molecule has 2 aromatic heterocycles. The van der Waals surface area contributed by atoms with Gasteiger partial charge in [0.15, 0.2) is 11.5 Å². The van der Waals surface area contributed by atoms with Crippen LogP contribution in [-0.4, -0.2) is 67.3 Å². The molecule has 4 aromatic rings. The minimum absolute atomic E-state index is 0.171. The Morgan fingerprint density at radius 2 is 1.82 bits per heavy atom. The molecule has 0 radical (unpaired) electrons. The van der Waals surface area contributed by atoms with Gasteiger partial charge in [0.2, 0.25) is 11.9 Å². The van der Waals surface area contributed by atoms with E-state index in [0.29, 0.717) is 39.4 Å². The molecular weight excluding hydrogens is 528 g/mol. The number of hydrogen-bond acceptors (Lipinski definition) is 7. The quantitative estimate of drug-likeness (QED) is 0.280. The molecule has 2 amide bonds. The molecule has 2 aromatic carbocycles. The lowest BCUT2D eigenvalue weighted by Gasteiger charge is -2.21. The lowest BCUT2D eigenvalue weighted by atomic mass is 10.2. The molecule has 0 aliphatic rings. The van der Waals surface area contributed by atoms with E-state index >= 15 is 0 Å². The van der Waals surface area contributed by atoms with E-state index in [4.69, 9.17) is 25.8 Å². The number of halogens is 1. The Hall–Kier alpha value is -3.86. The summed E-state index contributed by atoms with van der Waals surface area (Å²) in [5, 5.41) is 5.29. The summed E-state index contributed by atoms with van der Waals surface area (Å²) < 4.78 is 17.7. The van der Waals surface area contributed by atoms with Crippen LogP contribution in [0.2, 0.25) is 5.02 Å². The van der Waals surface area contributed by atoms with Crippen LogP contribution >= 0.6 is 22.9 Å². The van der Waals surface area contributed by atoms with Crippen molar-refractivity contribution in [2.75, 3.05) is 46.3 Å². The fourth-order valence-electron chi connectivity index (χ4n) is 3.75. The summed E-state index contributed by atoms with van der Waals surface area (Å²) in [6.07, 6.45) is 1.81. The van der Waals surface area contributed by atoms with E-state index in [1.54, 1.807) is 68.5 Å². The highest BCUT2D eigenvalue weighted by Gasteiger charge is 2.22. The zero-order chi connectivity index (χ0) is 27.1. The third kappa shape index (κ3) is 6.34. The minimum atomic E-state index is -0.402. The molecule has 0 aliphatic carbocycles. The van der Waals surface area contributed by atoms with Crippen LogP contribution in [0.5, 0.6) is 11.5 Å². The maximum Gasteiger partial charge on any atom is 0.264 e. The maximum atomic E-state index is 13.2. The molecule has 0 bridgehead atoms. The number of thiophene rings is 1. The molecule has 198 valence electrons. The van der Waals surface area contributed by atoms with Crippen molar-refractivity contribution >= 4 is 40.7 Å². The van der Waals surface area contributed by atoms with Crippen LogP contribution in [0.4, 0.5) is 5.95 Å². The predicted molar refractivity (Wildman–Crippen MR) is 148 cm³/mol. The molecule has 1 N–H and O–H groups in total. The van der Waals surface area contributed by atoms with Crippen LogP contribution in [0.1, 0.15) is 9.67 Å². The van der Waals surface area contributed by atoms with Gasteiger partial charge in [-0.3, -0.25) is 19.5 Å². The number of carbonyl (C=O) groups is 2. The molecule has 0 fully saturated rings. The van der Waals surface area contributed by atoms with Gasteiger partial charge in [0.25, 0.3) is 5.91 Å². The number of carbonyl (C=O) groups excluding carboxylic acids is 2. The Balaban J connectivity index is 1.65. The first kappa shape index (κ1) is 27.2. The number of anilines is 1. The van der Waals surface area contributed by atoms with Crippen LogP contribution in [0.3, 0.4) is 0 Å². The summed E-state index contributed by atoms with van der Waals surface area (Å²) in [6, 6.07) is 16.2. The lowest BCUT2D eigenvalue weighted by molar-refractivity contribution is -0.117. The summed E-state index contributed by atoms with van der Waals surface area (Å²) in [5.41, 5.74) is 2.13. The molecular formula is C27H27ClN4O5S. The van der Waals surface area contributed by atoms with Gasteiger partial charge in [-0.05, 0) is 35.7 Å². The Bertz CT molecular complexity index is 1390. The van der Waals surface area contributed by atoms with E-state index in [1.165, 1.54) is 16.2 Å². The van der Waals surface area contributed by atoms with Crippen LogP contribution < -0.4 is 14.8 Å². The second kappa shape index (κ2) is 12.6. The smallest absolute Gasteiger partial charge is 0.264 e. The number of hydrogen-bond donors (Lipinski definition) is 1. The van der Waals surface area contributed by atoms with Gasteiger partial charge < -0.3 is 19.1 Å². The van der Waals surface area contributed by atoms with Gasteiger partial charge in [0, 0.05) is 36.5 Å². The van der Waals surface area contributed by atoms with E-state index in [0.717, 1.165) is 5.56 Å². The number of imidazole rings is 1.